The van der Waals surface area contributed by atoms with Crippen molar-refractivity contribution in [2.45, 2.75) is 57.5 Å². The third kappa shape index (κ3) is 22.0. The molecule has 0 aromatic carbocycles. The van der Waals surface area contributed by atoms with Gasteiger partial charge in [-0.2, -0.15) is 21.6 Å². The molecule has 0 unspecified atom stereocenters. The Bertz CT molecular complexity index is 321. The minimum Gasteiger partial charge on any atom is -0.323 e. The molecule has 0 aromatic heterocycles. The first kappa shape index (κ1) is 22.9. The summed E-state index contributed by atoms with van der Waals surface area (Å²) in [5.41, 5.74) is 0. The Kier molecular flexibility index (Phi) is 14.4. The van der Waals surface area contributed by atoms with Crippen LogP contribution in [0.3, 0.4) is 0 Å². The smallest absolute Gasteiger partial charge is 0.323 e. The quantitative estimate of drug-likeness (QED) is 0.487. The summed E-state index contributed by atoms with van der Waals surface area (Å²) in [4.78, 5) is 0. The van der Waals surface area contributed by atoms with Crippen LogP contribution < -0.4 is 5.32 Å². The minimum atomic E-state index is -4.08. The fourth-order valence-corrected chi connectivity index (χ4v) is 2.14. The Labute approximate surface area is 124 Å². The van der Waals surface area contributed by atoms with E-state index < -0.39 is 22.7 Å². The Hall–Kier alpha value is -0.410. The van der Waals surface area contributed by atoms with Crippen molar-refractivity contribution in [3.8, 4) is 0 Å². The summed E-state index contributed by atoms with van der Waals surface area (Å²) in [5.74, 6) is -0.364. The molecule has 0 spiro atoms. The van der Waals surface area contributed by atoms with Crippen molar-refractivity contribution < 1.29 is 30.5 Å². The van der Waals surface area contributed by atoms with Gasteiger partial charge in [-0.25, -0.2) is 0 Å². The molecule has 0 aliphatic rings. The molecule has 0 fully saturated rings. The maximum atomic E-state index is 11.8. The summed E-state index contributed by atoms with van der Waals surface area (Å²) in [6.45, 7) is 0. The van der Waals surface area contributed by atoms with Crippen molar-refractivity contribution in [3.63, 3.8) is 0 Å². The van der Waals surface area contributed by atoms with Crippen LogP contribution in [0.2, 0.25) is 0 Å². The van der Waals surface area contributed by atoms with E-state index >= 15 is 0 Å². The lowest BCUT2D eigenvalue weighted by Crippen LogP contribution is -2.06. The molecule has 0 aromatic rings. The molecule has 130 valence electrons. The van der Waals surface area contributed by atoms with Crippen LogP contribution in [0.1, 0.15) is 51.4 Å². The van der Waals surface area contributed by atoms with E-state index in [1.165, 1.54) is 0 Å². The molecular formula is C12H25F4NO3S. The summed E-state index contributed by atoms with van der Waals surface area (Å²) in [7, 11) is -0.279. The van der Waals surface area contributed by atoms with Crippen LogP contribution in [0, 0.1) is 0 Å². The maximum Gasteiger partial charge on any atom is 0.389 e. The summed E-state index contributed by atoms with van der Waals surface area (Å²) in [6.07, 6.45) is -1.10. The Morgan fingerprint density at radius 1 is 0.905 bits per heavy atom. The highest BCUT2D eigenvalue weighted by atomic mass is 32.2. The summed E-state index contributed by atoms with van der Waals surface area (Å²) >= 11 is 0. The zero-order valence-electron chi connectivity index (χ0n) is 12.5. The van der Waals surface area contributed by atoms with Crippen LogP contribution >= 0.6 is 0 Å². The number of unbranched alkanes of at least 4 members (excludes halogenated alkanes) is 6. The predicted molar refractivity (Wildman–Crippen MR) is 74.0 cm³/mol. The molecular weight excluding hydrogens is 314 g/mol. The molecule has 21 heavy (non-hydrogen) atoms. The van der Waals surface area contributed by atoms with Gasteiger partial charge in [0, 0.05) is 6.42 Å². The molecule has 0 radical (unpaired) electrons. The van der Waals surface area contributed by atoms with Gasteiger partial charge in [-0.05, 0) is 31.5 Å². The van der Waals surface area contributed by atoms with Crippen molar-refractivity contribution in [1.29, 1.82) is 0 Å². The molecule has 0 aliphatic carbocycles. The van der Waals surface area contributed by atoms with Crippen LogP contribution in [-0.2, 0) is 14.5 Å². The van der Waals surface area contributed by atoms with E-state index in [9.17, 15) is 26.1 Å². The average Bonchev–Trinajstić information content (AvgIpc) is 2.36. The molecule has 4 nitrogen and oxygen atoms in total. The molecule has 0 amide bonds. The third-order valence-corrected chi connectivity index (χ3v) is 3.43. The van der Waals surface area contributed by atoms with E-state index in [-0.39, 0.29) is 12.2 Å². The largest absolute Gasteiger partial charge is 0.389 e. The van der Waals surface area contributed by atoms with Crippen LogP contribution in [0.5, 0.6) is 0 Å². The monoisotopic (exact) mass is 339 g/mol. The van der Waals surface area contributed by atoms with Gasteiger partial charge >= 0.3 is 6.18 Å². The molecule has 0 atom stereocenters. The first-order valence-corrected chi connectivity index (χ1v) is 8.44. The normalized spacial score (nSPS) is 11.9. The zero-order chi connectivity index (χ0) is 16.8. The minimum absolute atomic E-state index is 0.133. The van der Waals surface area contributed by atoms with E-state index in [1.54, 1.807) is 0 Å². The number of alkyl halides is 3. The molecule has 0 saturated carbocycles. The molecule has 0 rings (SSSR count). The maximum absolute atomic E-state index is 11.8. The van der Waals surface area contributed by atoms with E-state index in [0.717, 1.165) is 12.8 Å². The SMILES string of the molecule is CNC.O=S(=O)(CCCCCCCCCC(F)(F)F)OF. The fraction of sp³-hybridized carbons (Fsp3) is 1.00. The first-order chi connectivity index (χ1) is 9.68. The molecule has 1 N–H and O–H groups in total. The van der Waals surface area contributed by atoms with Crippen molar-refractivity contribution >= 4 is 10.1 Å². The number of nitrogens with one attached hydrogen (secondary N) is 1. The lowest BCUT2D eigenvalue weighted by molar-refractivity contribution is -0.135. The predicted octanol–water partition coefficient (Wildman–Crippen LogP) is 3.74. The van der Waals surface area contributed by atoms with E-state index in [0.29, 0.717) is 25.7 Å². The van der Waals surface area contributed by atoms with Crippen LogP contribution in [0.25, 0.3) is 0 Å². The van der Waals surface area contributed by atoms with Gasteiger partial charge in [-0.15, -0.1) is 0 Å². The second-order valence-electron chi connectivity index (χ2n) is 4.66. The summed E-state index contributed by atoms with van der Waals surface area (Å²) < 4.78 is 70.7. The highest BCUT2D eigenvalue weighted by molar-refractivity contribution is 7.86. The van der Waals surface area contributed by atoms with Crippen LogP contribution in [-0.4, -0.2) is 34.4 Å². The van der Waals surface area contributed by atoms with Crippen molar-refractivity contribution in [2.75, 3.05) is 19.8 Å². The van der Waals surface area contributed by atoms with Crippen LogP contribution in [0.15, 0.2) is 0 Å². The molecule has 0 saturated heterocycles. The number of rotatable bonds is 10. The van der Waals surface area contributed by atoms with Crippen molar-refractivity contribution in [3.05, 3.63) is 0 Å². The van der Waals surface area contributed by atoms with Crippen molar-refractivity contribution in [1.82, 2.24) is 5.32 Å². The highest BCUT2D eigenvalue weighted by Crippen LogP contribution is 2.23. The number of halogens is 4. The van der Waals surface area contributed by atoms with E-state index in [4.69, 9.17) is 0 Å². The third-order valence-electron chi connectivity index (χ3n) is 2.45. The first-order valence-electron chi connectivity index (χ1n) is 6.86. The standard InChI is InChI=1S/C10H18F4O3S.C2H7N/c11-10(12,13)8-6-4-2-1-3-5-7-9-18(15,16)17-14;1-3-2/h1-9H2;3H,1-2H3. The van der Waals surface area contributed by atoms with Gasteiger partial charge in [0.2, 0.25) is 0 Å². The highest BCUT2D eigenvalue weighted by Gasteiger charge is 2.25. The topological polar surface area (TPSA) is 55.4 Å². The Balaban J connectivity index is 0. The molecule has 9 heteroatoms. The van der Waals surface area contributed by atoms with E-state index in [2.05, 4.69) is 9.70 Å². The van der Waals surface area contributed by atoms with Gasteiger partial charge < -0.3 is 5.32 Å². The second-order valence-corrected chi connectivity index (χ2v) is 6.31. The Morgan fingerprint density at radius 3 is 1.67 bits per heavy atom. The van der Waals surface area contributed by atoms with Gasteiger partial charge in [0.05, 0.1) is 5.75 Å². The summed E-state index contributed by atoms with van der Waals surface area (Å²) in [5, 5.41) is 2.75. The van der Waals surface area contributed by atoms with Gasteiger partial charge in [0.15, 0.2) is 0 Å². The van der Waals surface area contributed by atoms with Gasteiger partial charge in [-0.1, -0.05) is 36.5 Å². The fourth-order valence-electron chi connectivity index (χ4n) is 1.52. The van der Waals surface area contributed by atoms with Crippen LogP contribution in [0.4, 0.5) is 17.7 Å². The molecule has 0 bridgehead atoms. The number of hydrogen-bond acceptors (Lipinski definition) is 4. The van der Waals surface area contributed by atoms with E-state index in [1.807, 2.05) is 14.1 Å². The summed E-state index contributed by atoms with van der Waals surface area (Å²) in [6, 6.07) is 0. The molecule has 0 aliphatic heterocycles. The second kappa shape index (κ2) is 13.3. The average molecular weight is 339 g/mol. The number of hydrogen-bond donors (Lipinski definition) is 1. The lowest BCUT2D eigenvalue weighted by atomic mass is 10.1. The Morgan fingerprint density at radius 2 is 1.29 bits per heavy atom. The van der Waals surface area contributed by atoms with Gasteiger partial charge in [-0.3, -0.25) is 0 Å². The zero-order valence-corrected chi connectivity index (χ0v) is 13.3. The van der Waals surface area contributed by atoms with Crippen molar-refractivity contribution in [2.24, 2.45) is 0 Å². The molecule has 0 heterocycles. The van der Waals surface area contributed by atoms with Gasteiger partial charge in [0.25, 0.3) is 10.1 Å². The lowest BCUT2D eigenvalue weighted by Gasteiger charge is -2.05. The van der Waals surface area contributed by atoms with Gasteiger partial charge in [0.1, 0.15) is 0 Å².